The molecule has 2 heterocycles. The molecule has 0 radical (unpaired) electrons. The molecule has 1 unspecified atom stereocenters. The van der Waals surface area contributed by atoms with Crippen molar-refractivity contribution in [2.45, 2.75) is 57.3 Å². The lowest BCUT2D eigenvalue weighted by Crippen LogP contribution is -2.19. The first kappa shape index (κ1) is 20.7. The van der Waals surface area contributed by atoms with Crippen LogP contribution in [0.15, 0.2) is 29.4 Å². The quantitative estimate of drug-likeness (QED) is 0.642. The van der Waals surface area contributed by atoms with Crippen molar-refractivity contribution in [2.75, 3.05) is 24.3 Å². The summed E-state index contributed by atoms with van der Waals surface area (Å²) >= 11 is 1.40. The van der Waals surface area contributed by atoms with Gasteiger partial charge in [0.15, 0.2) is 5.16 Å². The Bertz CT molecular complexity index is 770. The molecule has 1 atom stereocenters. The van der Waals surface area contributed by atoms with Gasteiger partial charge in [-0.1, -0.05) is 25.6 Å². The van der Waals surface area contributed by atoms with Crippen LogP contribution in [0, 0.1) is 0 Å². The number of hydrogen-bond donors (Lipinski definition) is 1. The van der Waals surface area contributed by atoms with Gasteiger partial charge in [-0.25, -0.2) is 0 Å². The van der Waals surface area contributed by atoms with Gasteiger partial charge in [-0.05, 0) is 44.0 Å². The minimum atomic E-state index is -0.0769. The number of aromatic nitrogens is 3. The molecule has 1 aromatic carbocycles. The molecule has 3 rings (SSSR count). The van der Waals surface area contributed by atoms with Crippen molar-refractivity contribution < 1.29 is 14.3 Å². The zero-order chi connectivity index (χ0) is 19.9. The molecule has 1 fully saturated rings. The Kier molecular flexibility index (Phi) is 7.33. The fourth-order valence-corrected chi connectivity index (χ4v) is 3.88. The van der Waals surface area contributed by atoms with Crippen LogP contribution in [0.25, 0.3) is 0 Å². The number of hydrogen-bond acceptors (Lipinski definition) is 6. The maximum absolute atomic E-state index is 12.3. The third kappa shape index (κ3) is 5.48. The first-order chi connectivity index (χ1) is 13.6. The normalized spacial score (nSPS) is 16.5. The monoisotopic (exact) mass is 404 g/mol. The SMILES string of the molecule is CCOc1ccc(NC(=O)CSc2nnc(C(C)C)n2CC2CCCO2)cc1. The lowest BCUT2D eigenvalue weighted by Gasteiger charge is -2.16. The average Bonchev–Trinajstić information content (AvgIpc) is 3.32. The average molecular weight is 405 g/mol. The van der Waals surface area contributed by atoms with E-state index in [1.54, 1.807) is 0 Å². The number of carbonyl (C=O) groups is 1. The van der Waals surface area contributed by atoms with Crippen molar-refractivity contribution in [3.63, 3.8) is 0 Å². The van der Waals surface area contributed by atoms with Gasteiger partial charge in [-0.2, -0.15) is 0 Å². The number of amides is 1. The van der Waals surface area contributed by atoms with Gasteiger partial charge < -0.3 is 19.4 Å². The molecule has 7 nitrogen and oxygen atoms in total. The Labute approximate surface area is 170 Å². The first-order valence-electron chi connectivity index (χ1n) is 9.77. The Morgan fingerprint density at radius 3 is 2.79 bits per heavy atom. The van der Waals surface area contributed by atoms with Gasteiger partial charge in [0.1, 0.15) is 11.6 Å². The molecule has 8 heteroatoms. The molecule has 0 saturated carbocycles. The summed E-state index contributed by atoms with van der Waals surface area (Å²) in [6, 6.07) is 7.37. The fourth-order valence-electron chi connectivity index (χ4n) is 3.13. The van der Waals surface area contributed by atoms with Crippen LogP contribution in [0.4, 0.5) is 5.69 Å². The van der Waals surface area contributed by atoms with E-state index in [-0.39, 0.29) is 23.7 Å². The van der Waals surface area contributed by atoms with Gasteiger partial charge >= 0.3 is 0 Å². The molecule has 0 bridgehead atoms. The summed E-state index contributed by atoms with van der Waals surface area (Å²) < 4.78 is 13.3. The summed E-state index contributed by atoms with van der Waals surface area (Å²) in [4.78, 5) is 12.3. The number of rotatable bonds is 9. The van der Waals surface area contributed by atoms with E-state index in [9.17, 15) is 4.79 Å². The van der Waals surface area contributed by atoms with E-state index >= 15 is 0 Å². The Balaban J connectivity index is 1.59. The van der Waals surface area contributed by atoms with E-state index in [1.165, 1.54) is 11.8 Å². The maximum atomic E-state index is 12.3. The molecular weight excluding hydrogens is 376 g/mol. The Hall–Kier alpha value is -2.06. The highest BCUT2D eigenvalue weighted by atomic mass is 32.2. The maximum Gasteiger partial charge on any atom is 0.234 e. The molecule has 1 aromatic heterocycles. The van der Waals surface area contributed by atoms with Crippen molar-refractivity contribution in [3.05, 3.63) is 30.1 Å². The zero-order valence-corrected chi connectivity index (χ0v) is 17.5. The standard InChI is InChI=1S/C20H28N4O3S/c1-4-26-16-9-7-15(8-10-16)21-18(25)13-28-20-23-22-19(14(2)3)24(20)12-17-6-5-11-27-17/h7-10,14,17H,4-6,11-13H2,1-3H3,(H,21,25). The largest absolute Gasteiger partial charge is 0.494 e. The summed E-state index contributed by atoms with van der Waals surface area (Å²) in [6.45, 7) is 8.31. The molecule has 0 spiro atoms. The molecule has 28 heavy (non-hydrogen) atoms. The van der Waals surface area contributed by atoms with Crippen molar-refractivity contribution >= 4 is 23.4 Å². The second kappa shape index (κ2) is 9.93. The summed E-state index contributed by atoms with van der Waals surface area (Å²) in [7, 11) is 0. The predicted octanol–water partition coefficient (Wildman–Crippen LogP) is 3.71. The van der Waals surface area contributed by atoms with Crippen LogP contribution in [0.2, 0.25) is 0 Å². The number of carbonyl (C=O) groups excluding carboxylic acids is 1. The van der Waals surface area contributed by atoms with Crippen molar-refractivity contribution in [1.82, 2.24) is 14.8 Å². The smallest absolute Gasteiger partial charge is 0.234 e. The highest BCUT2D eigenvalue weighted by Crippen LogP contribution is 2.25. The summed E-state index contributed by atoms with van der Waals surface area (Å²) in [6.07, 6.45) is 2.35. The molecule has 2 aromatic rings. The summed E-state index contributed by atoms with van der Waals surface area (Å²) in [5.74, 6) is 2.19. The van der Waals surface area contributed by atoms with E-state index in [0.29, 0.717) is 6.61 Å². The van der Waals surface area contributed by atoms with Crippen LogP contribution in [0.5, 0.6) is 5.75 Å². The molecule has 1 amide bonds. The van der Waals surface area contributed by atoms with Gasteiger partial charge in [0, 0.05) is 18.2 Å². The van der Waals surface area contributed by atoms with E-state index in [2.05, 4.69) is 33.9 Å². The second-order valence-corrected chi connectivity index (χ2v) is 7.98. The van der Waals surface area contributed by atoms with Crippen molar-refractivity contribution in [3.8, 4) is 5.75 Å². The minimum absolute atomic E-state index is 0.0769. The van der Waals surface area contributed by atoms with E-state index in [4.69, 9.17) is 9.47 Å². The topological polar surface area (TPSA) is 78.3 Å². The van der Waals surface area contributed by atoms with E-state index in [1.807, 2.05) is 31.2 Å². The van der Waals surface area contributed by atoms with Gasteiger partial charge in [-0.3, -0.25) is 4.79 Å². The number of benzene rings is 1. The van der Waals surface area contributed by atoms with Crippen LogP contribution in [0.3, 0.4) is 0 Å². The highest BCUT2D eigenvalue weighted by Gasteiger charge is 2.22. The molecule has 1 aliphatic heterocycles. The number of ether oxygens (including phenoxy) is 2. The van der Waals surface area contributed by atoms with Crippen molar-refractivity contribution in [1.29, 1.82) is 0 Å². The second-order valence-electron chi connectivity index (χ2n) is 7.04. The Morgan fingerprint density at radius 2 is 2.14 bits per heavy atom. The molecule has 152 valence electrons. The molecule has 1 saturated heterocycles. The number of anilines is 1. The van der Waals surface area contributed by atoms with Crippen LogP contribution < -0.4 is 10.1 Å². The Morgan fingerprint density at radius 1 is 1.36 bits per heavy atom. The fraction of sp³-hybridized carbons (Fsp3) is 0.550. The van der Waals surface area contributed by atoms with Crippen molar-refractivity contribution in [2.24, 2.45) is 0 Å². The zero-order valence-electron chi connectivity index (χ0n) is 16.7. The third-order valence-corrected chi connectivity index (χ3v) is 5.42. The van der Waals surface area contributed by atoms with E-state index in [0.717, 1.165) is 48.4 Å². The molecular formula is C20H28N4O3S. The molecule has 1 N–H and O–H groups in total. The lowest BCUT2D eigenvalue weighted by atomic mass is 10.2. The summed E-state index contributed by atoms with van der Waals surface area (Å²) in [5.41, 5.74) is 0.748. The van der Waals surface area contributed by atoms with Gasteiger partial charge in [-0.15, -0.1) is 10.2 Å². The number of thioether (sulfide) groups is 1. The summed E-state index contributed by atoms with van der Waals surface area (Å²) in [5, 5.41) is 12.3. The number of nitrogens with one attached hydrogen (secondary N) is 1. The van der Waals surface area contributed by atoms with Crippen LogP contribution in [-0.4, -0.2) is 45.7 Å². The van der Waals surface area contributed by atoms with Crippen LogP contribution in [-0.2, 0) is 16.1 Å². The predicted molar refractivity (Wildman–Crippen MR) is 110 cm³/mol. The molecule has 0 aliphatic carbocycles. The van der Waals surface area contributed by atoms with Gasteiger partial charge in [0.2, 0.25) is 5.91 Å². The lowest BCUT2D eigenvalue weighted by molar-refractivity contribution is -0.113. The van der Waals surface area contributed by atoms with E-state index < -0.39 is 0 Å². The highest BCUT2D eigenvalue weighted by molar-refractivity contribution is 7.99. The third-order valence-electron chi connectivity index (χ3n) is 4.45. The minimum Gasteiger partial charge on any atom is -0.494 e. The van der Waals surface area contributed by atoms with Gasteiger partial charge in [0.05, 0.1) is 25.0 Å². The van der Waals surface area contributed by atoms with Gasteiger partial charge in [0.25, 0.3) is 0 Å². The number of nitrogens with zero attached hydrogens (tertiary/aromatic N) is 3. The van der Waals surface area contributed by atoms with Crippen LogP contribution >= 0.6 is 11.8 Å². The molecule has 1 aliphatic rings. The first-order valence-corrected chi connectivity index (χ1v) is 10.8. The van der Waals surface area contributed by atoms with Crippen LogP contribution in [0.1, 0.15) is 45.4 Å².